The molecular weight excluding hydrogens is 471 g/mol. The molecule has 1 aliphatic heterocycles. The summed E-state index contributed by atoms with van der Waals surface area (Å²) >= 11 is 0. The lowest BCUT2D eigenvalue weighted by molar-refractivity contribution is 0.0954. The molecule has 3 aromatic heterocycles. The van der Waals surface area contributed by atoms with Gasteiger partial charge in [-0.1, -0.05) is 12.1 Å². The van der Waals surface area contributed by atoms with Gasteiger partial charge in [0.1, 0.15) is 5.82 Å². The lowest BCUT2D eigenvalue weighted by Gasteiger charge is -2.13. The molecule has 1 atom stereocenters. The Morgan fingerprint density at radius 3 is 2.83 bits per heavy atom. The van der Waals surface area contributed by atoms with Gasteiger partial charge >= 0.3 is 0 Å². The Kier molecular flexibility index (Phi) is 6.10. The Balaban J connectivity index is 1.53. The normalized spacial score (nSPS) is 17.1. The number of aryl methyl sites for hydroxylation is 2. The van der Waals surface area contributed by atoms with Gasteiger partial charge in [-0.25, -0.2) is 27.5 Å². The van der Waals surface area contributed by atoms with Crippen molar-refractivity contribution in [1.82, 2.24) is 29.6 Å². The van der Waals surface area contributed by atoms with Gasteiger partial charge in [-0.3, -0.25) is 4.79 Å². The van der Waals surface area contributed by atoms with Crippen molar-refractivity contribution < 1.29 is 17.6 Å². The Hall–Kier alpha value is -3.60. The summed E-state index contributed by atoms with van der Waals surface area (Å²) in [7, 11) is -3.17. The van der Waals surface area contributed by atoms with Crippen molar-refractivity contribution >= 4 is 26.8 Å². The van der Waals surface area contributed by atoms with Gasteiger partial charge in [0.05, 0.1) is 46.2 Å². The van der Waals surface area contributed by atoms with E-state index in [-0.39, 0.29) is 29.0 Å². The van der Waals surface area contributed by atoms with E-state index in [0.717, 1.165) is 0 Å². The van der Waals surface area contributed by atoms with E-state index in [1.807, 2.05) is 10.8 Å². The van der Waals surface area contributed by atoms with Crippen molar-refractivity contribution in [3.8, 4) is 11.3 Å². The number of nitrogens with one attached hydrogen (secondary N) is 1. The van der Waals surface area contributed by atoms with Gasteiger partial charge in [-0.05, 0) is 38.0 Å². The Labute approximate surface area is 201 Å². The van der Waals surface area contributed by atoms with Crippen LogP contribution in [0.1, 0.15) is 34.9 Å². The number of benzene rings is 1. The maximum atomic E-state index is 14.6. The Morgan fingerprint density at radius 2 is 2.11 bits per heavy atom. The molecule has 0 aliphatic carbocycles. The van der Waals surface area contributed by atoms with E-state index >= 15 is 0 Å². The molecule has 1 aromatic carbocycles. The maximum Gasteiger partial charge on any atom is 0.252 e. The summed E-state index contributed by atoms with van der Waals surface area (Å²) < 4.78 is 42.4. The van der Waals surface area contributed by atoms with E-state index in [1.165, 1.54) is 6.07 Å². The molecular formula is C24H25FN6O3S. The predicted octanol–water partition coefficient (Wildman–Crippen LogP) is 2.92. The highest BCUT2D eigenvalue weighted by Crippen LogP contribution is 2.32. The summed E-state index contributed by atoms with van der Waals surface area (Å²) in [5.74, 6) is -0.737. The molecule has 0 saturated carbocycles. The van der Waals surface area contributed by atoms with Crippen LogP contribution in [0.2, 0.25) is 0 Å². The number of rotatable bonds is 7. The van der Waals surface area contributed by atoms with Gasteiger partial charge in [0.25, 0.3) is 5.91 Å². The number of carbonyl (C=O) groups is 1. The third kappa shape index (κ3) is 4.68. The third-order valence-corrected chi connectivity index (χ3v) is 7.97. The molecule has 4 heterocycles. The first kappa shape index (κ1) is 23.2. The molecule has 9 nitrogen and oxygen atoms in total. The maximum absolute atomic E-state index is 14.6. The van der Waals surface area contributed by atoms with E-state index in [2.05, 4.69) is 20.4 Å². The number of nitrogens with zero attached hydrogens (tertiary/aromatic N) is 5. The molecule has 1 fully saturated rings. The van der Waals surface area contributed by atoms with Crippen LogP contribution in [0.15, 0.2) is 49.1 Å². The van der Waals surface area contributed by atoms with Crippen molar-refractivity contribution in [1.29, 1.82) is 0 Å². The second kappa shape index (κ2) is 9.21. The zero-order valence-electron chi connectivity index (χ0n) is 19.2. The minimum Gasteiger partial charge on any atom is -0.352 e. The number of pyridine rings is 1. The fourth-order valence-corrected chi connectivity index (χ4v) is 6.19. The highest BCUT2D eigenvalue weighted by Gasteiger charge is 2.32. The van der Waals surface area contributed by atoms with Crippen molar-refractivity contribution in [2.24, 2.45) is 0 Å². The molecule has 1 saturated heterocycles. The van der Waals surface area contributed by atoms with E-state index in [1.54, 1.807) is 48.4 Å². The van der Waals surface area contributed by atoms with Crippen LogP contribution in [-0.4, -0.2) is 56.7 Å². The molecule has 182 valence electrons. The first-order valence-corrected chi connectivity index (χ1v) is 13.2. The third-order valence-electron chi connectivity index (χ3n) is 6.22. The van der Waals surface area contributed by atoms with Crippen LogP contribution in [0.3, 0.4) is 0 Å². The average Bonchev–Trinajstić information content (AvgIpc) is 3.55. The Bertz CT molecular complexity index is 1500. The van der Waals surface area contributed by atoms with E-state index in [4.69, 9.17) is 0 Å². The molecule has 35 heavy (non-hydrogen) atoms. The molecule has 1 aliphatic rings. The summed E-state index contributed by atoms with van der Waals surface area (Å²) in [6.45, 7) is 2.91. The average molecular weight is 497 g/mol. The molecule has 0 radical (unpaired) electrons. The van der Waals surface area contributed by atoms with Crippen LogP contribution in [-0.2, 0) is 16.4 Å². The Morgan fingerprint density at radius 1 is 1.29 bits per heavy atom. The molecule has 4 aromatic rings. The molecule has 1 N–H and O–H groups in total. The molecule has 11 heteroatoms. The number of halogens is 1. The second-order valence-electron chi connectivity index (χ2n) is 8.73. The number of amides is 1. The number of fused-ring (bicyclic) bond motifs is 1. The van der Waals surface area contributed by atoms with E-state index in [0.29, 0.717) is 53.9 Å². The number of hydrogen-bond acceptors (Lipinski definition) is 6. The van der Waals surface area contributed by atoms with Crippen molar-refractivity contribution in [3.63, 3.8) is 0 Å². The molecule has 0 bridgehead atoms. The SMILES string of the molecule is Cc1nn(C2CCS(=O)(=O)C2)c2nc(-c3ccccc3F)cc(C(=O)NCCCn3ccnc3)c12. The minimum atomic E-state index is -3.17. The number of aromatic nitrogens is 5. The lowest BCUT2D eigenvalue weighted by atomic mass is 10.0. The summed E-state index contributed by atoms with van der Waals surface area (Å²) in [4.78, 5) is 22.0. The van der Waals surface area contributed by atoms with Gasteiger partial charge in [-0.15, -0.1) is 0 Å². The van der Waals surface area contributed by atoms with E-state index in [9.17, 15) is 17.6 Å². The van der Waals surface area contributed by atoms with Crippen LogP contribution in [0.4, 0.5) is 4.39 Å². The number of imidazole rings is 1. The fourth-order valence-electron chi connectivity index (χ4n) is 4.50. The quantitative estimate of drug-likeness (QED) is 0.394. The zero-order chi connectivity index (χ0) is 24.6. The first-order valence-electron chi connectivity index (χ1n) is 11.4. The molecule has 0 spiro atoms. The van der Waals surface area contributed by atoms with Crippen molar-refractivity contribution in [2.75, 3.05) is 18.1 Å². The smallest absolute Gasteiger partial charge is 0.252 e. The standard InChI is InChI=1S/C24H25FN6O3S/c1-16-22-19(24(32)27-8-4-10-30-11-9-26-15-30)13-21(18-5-2-3-6-20(18)25)28-23(22)31(29-16)17-7-12-35(33,34)14-17/h2-3,5-6,9,11,13,15,17H,4,7-8,10,12,14H2,1H3,(H,27,32). The number of carbonyl (C=O) groups excluding carboxylic acids is 1. The van der Waals surface area contributed by atoms with Gasteiger partial charge in [0.2, 0.25) is 0 Å². The lowest BCUT2D eigenvalue weighted by Crippen LogP contribution is -2.25. The van der Waals surface area contributed by atoms with Gasteiger partial charge in [0, 0.05) is 31.0 Å². The van der Waals surface area contributed by atoms with Crippen LogP contribution in [0, 0.1) is 12.7 Å². The summed E-state index contributed by atoms with van der Waals surface area (Å²) in [5, 5.41) is 8.06. The number of sulfone groups is 1. The largest absolute Gasteiger partial charge is 0.352 e. The van der Waals surface area contributed by atoms with Gasteiger partial charge in [-0.2, -0.15) is 5.10 Å². The molecule has 1 amide bonds. The summed E-state index contributed by atoms with van der Waals surface area (Å²) in [5.41, 5.74) is 1.84. The topological polar surface area (TPSA) is 112 Å². The molecule has 1 unspecified atom stereocenters. The second-order valence-corrected chi connectivity index (χ2v) is 11.0. The van der Waals surface area contributed by atoms with E-state index < -0.39 is 15.7 Å². The van der Waals surface area contributed by atoms with Gasteiger partial charge in [0.15, 0.2) is 15.5 Å². The van der Waals surface area contributed by atoms with Crippen LogP contribution < -0.4 is 5.32 Å². The summed E-state index contributed by atoms with van der Waals surface area (Å²) in [6.07, 6.45) is 6.40. The highest BCUT2D eigenvalue weighted by atomic mass is 32.2. The minimum absolute atomic E-state index is 0.0371. The van der Waals surface area contributed by atoms with Crippen molar-refractivity contribution in [3.05, 3.63) is 66.1 Å². The highest BCUT2D eigenvalue weighted by molar-refractivity contribution is 7.91. The van der Waals surface area contributed by atoms with Crippen LogP contribution >= 0.6 is 0 Å². The molecule has 5 rings (SSSR count). The van der Waals surface area contributed by atoms with Crippen molar-refractivity contribution in [2.45, 2.75) is 32.4 Å². The van der Waals surface area contributed by atoms with Crippen LogP contribution in [0.25, 0.3) is 22.3 Å². The van der Waals surface area contributed by atoms with Gasteiger partial charge < -0.3 is 9.88 Å². The fraction of sp³-hybridized carbons (Fsp3) is 0.333. The summed E-state index contributed by atoms with van der Waals surface area (Å²) in [6, 6.07) is 7.42. The predicted molar refractivity (Wildman–Crippen MR) is 129 cm³/mol. The monoisotopic (exact) mass is 496 g/mol. The first-order chi connectivity index (χ1) is 16.8. The number of hydrogen-bond donors (Lipinski definition) is 1. The van der Waals surface area contributed by atoms with Crippen LogP contribution in [0.5, 0.6) is 0 Å². The zero-order valence-corrected chi connectivity index (χ0v) is 20.0.